The summed E-state index contributed by atoms with van der Waals surface area (Å²) in [6.45, 7) is 3.40. The Labute approximate surface area is 214 Å². The summed E-state index contributed by atoms with van der Waals surface area (Å²) < 4.78 is 5.18. The maximum absolute atomic E-state index is 12.6. The number of ether oxygens (including phenoxy) is 1. The zero-order chi connectivity index (χ0) is 26.1. The molecule has 36 heavy (non-hydrogen) atoms. The molecule has 0 radical (unpaired) electrons. The van der Waals surface area contributed by atoms with Gasteiger partial charge in [-0.15, -0.1) is 0 Å². The molecular weight excluding hydrogens is 458 g/mol. The Morgan fingerprint density at radius 2 is 1.72 bits per heavy atom. The third-order valence-corrected chi connectivity index (χ3v) is 6.82. The lowest BCUT2D eigenvalue weighted by Crippen LogP contribution is -2.50. The van der Waals surface area contributed by atoms with Gasteiger partial charge in [-0.25, -0.2) is 4.98 Å². The zero-order valence-corrected chi connectivity index (χ0v) is 21.9. The highest BCUT2D eigenvalue weighted by Gasteiger charge is 2.28. The van der Waals surface area contributed by atoms with Gasteiger partial charge < -0.3 is 29.4 Å². The van der Waals surface area contributed by atoms with Crippen LogP contribution in [-0.2, 0) is 9.59 Å². The van der Waals surface area contributed by atoms with Crippen LogP contribution in [0.1, 0.15) is 32.1 Å². The van der Waals surface area contributed by atoms with Gasteiger partial charge in [0.2, 0.25) is 18.2 Å². The number of benzene rings is 1. The van der Waals surface area contributed by atoms with Crippen molar-refractivity contribution in [3.63, 3.8) is 0 Å². The Balaban J connectivity index is 0.000000223. The van der Waals surface area contributed by atoms with E-state index >= 15 is 0 Å². The molecule has 0 atom stereocenters. The van der Waals surface area contributed by atoms with E-state index in [1.54, 1.807) is 38.6 Å². The van der Waals surface area contributed by atoms with E-state index in [1.165, 1.54) is 24.2 Å². The van der Waals surface area contributed by atoms with Gasteiger partial charge in [-0.2, -0.15) is 0 Å². The second-order valence-corrected chi connectivity index (χ2v) is 9.49. The maximum Gasteiger partial charge on any atom is 0.225 e. The summed E-state index contributed by atoms with van der Waals surface area (Å²) in [4.78, 5) is 35.0. The zero-order valence-electron chi connectivity index (χ0n) is 21.9. The number of piperazine rings is 1. The number of aromatic hydroxyl groups is 1. The van der Waals surface area contributed by atoms with Crippen molar-refractivity contribution in [1.29, 1.82) is 0 Å². The van der Waals surface area contributed by atoms with Crippen LogP contribution in [0.2, 0.25) is 0 Å². The summed E-state index contributed by atoms with van der Waals surface area (Å²) in [6, 6.07) is 8.88. The molecule has 0 bridgehead atoms. The highest BCUT2D eigenvalue weighted by atomic mass is 16.5. The van der Waals surface area contributed by atoms with Crippen molar-refractivity contribution in [3.05, 3.63) is 36.5 Å². The molecule has 1 saturated carbocycles. The SMILES string of the molecule is CN(C)c1ccc(O)cc1N(C)C=O.COc1cc(N2CCN(C(=O)C3CCCCC3)CC2)ccn1. The normalized spacial score (nSPS) is 16.0. The highest BCUT2D eigenvalue weighted by Crippen LogP contribution is 2.30. The second kappa shape index (κ2) is 13.0. The van der Waals surface area contributed by atoms with Crippen LogP contribution in [0.3, 0.4) is 0 Å². The van der Waals surface area contributed by atoms with Crippen LogP contribution in [0.15, 0.2) is 36.5 Å². The average Bonchev–Trinajstić information content (AvgIpc) is 2.93. The molecule has 1 aliphatic heterocycles. The summed E-state index contributed by atoms with van der Waals surface area (Å²) in [5, 5.41) is 9.30. The van der Waals surface area contributed by atoms with Crippen molar-refractivity contribution in [2.24, 2.45) is 5.92 Å². The van der Waals surface area contributed by atoms with Crippen LogP contribution in [0.25, 0.3) is 0 Å². The Bertz CT molecular complexity index is 1000. The third-order valence-electron chi connectivity index (χ3n) is 6.82. The number of phenols is 1. The fourth-order valence-corrected chi connectivity index (χ4v) is 4.73. The number of nitrogens with zero attached hydrogens (tertiary/aromatic N) is 5. The van der Waals surface area contributed by atoms with E-state index in [0.29, 0.717) is 23.9 Å². The standard InChI is InChI=1S/C17H25N3O2.C10H14N2O2/c1-22-16-13-15(7-8-18-16)19-9-11-20(12-10-19)17(21)14-5-3-2-4-6-14;1-11(2)9-5-4-8(14)6-10(9)12(3)7-13/h7-8,13-14H,2-6,9-12H2,1H3;4-7,14H,1-3H3. The number of rotatable bonds is 6. The van der Waals surface area contributed by atoms with Crippen LogP contribution in [0.4, 0.5) is 17.1 Å². The first-order valence-electron chi connectivity index (χ1n) is 12.6. The molecule has 2 heterocycles. The monoisotopic (exact) mass is 497 g/mol. The number of pyridine rings is 1. The van der Waals surface area contributed by atoms with E-state index < -0.39 is 0 Å². The molecule has 1 aliphatic carbocycles. The maximum atomic E-state index is 12.6. The summed E-state index contributed by atoms with van der Waals surface area (Å²) >= 11 is 0. The van der Waals surface area contributed by atoms with Gasteiger partial charge in [0.25, 0.3) is 0 Å². The molecule has 0 spiro atoms. The first-order valence-corrected chi connectivity index (χ1v) is 12.6. The number of anilines is 3. The minimum absolute atomic E-state index is 0.152. The summed E-state index contributed by atoms with van der Waals surface area (Å²) in [7, 11) is 7.05. The molecule has 2 amide bonds. The van der Waals surface area contributed by atoms with Gasteiger partial charge in [0, 0.05) is 77.3 Å². The van der Waals surface area contributed by atoms with Gasteiger partial charge >= 0.3 is 0 Å². The summed E-state index contributed by atoms with van der Waals surface area (Å²) in [5.41, 5.74) is 2.69. The van der Waals surface area contributed by atoms with Gasteiger partial charge in [-0.1, -0.05) is 19.3 Å². The average molecular weight is 498 g/mol. The molecule has 1 aromatic heterocycles. The fraction of sp³-hybridized carbons (Fsp3) is 0.519. The summed E-state index contributed by atoms with van der Waals surface area (Å²) in [5.74, 6) is 1.45. The van der Waals surface area contributed by atoms with E-state index in [0.717, 1.165) is 50.4 Å². The molecule has 1 saturated heterocycles. The molecular formula is C27H39N5O4. The lowest BCUT2D eigenvalue weighted by atomic mass is 9.88. The highest BCUT2D eigenvalue weighted by molar-refractivity contribution is 5.84. The molecule has 2 aromatic rings. The van der Waals surface area contributed by atoms with Crippen LogP contribution < -0.4 is 19.4 Å². The van der Waals surface area contributed by atoms with Gasteiger partial charge in [-0.3, -0.25) is 9.59 Å². The lowest BCUT2D eigenvalue weighted by Gasteiger charge is -2.38. The van der Waals surface area contributed by atoms with Crippen LogP contribution in [-0.4, -0.2) is 81.7 Å². The van der Waals surface area contributed by atoms with Crippen LogP contribution in [0, 0.1) is 5.92 Å². The number of hydrogen-bond donors (Lipinski definition) is 1. The Morgan fingerprint density at radius 3 is 2.33 bits per heavy atom. The van der Waals surface area contributed by atoms with Crippen molar-refractivity contribution >= 4 is 29.4 Å². The second-order valence-electron chi connectivity index (χ2n) is 9.49. The Kier molecular flexibility index (Phi) is 9.78. The molecule has 2 fully saturated rings. The predicted molar refractivity (Wildman–Crippen MR) is 143 cm³/mol. The Morgan fingerprint density at radius 1 is 1.03 bits per heavy atom. The van der Waals surface area contributed by atoms with Gasteiger partial charge in [-0.05, 0) is 31.0 Å². The number of carbonyl (C=O) groups is 2. The molecule has 4 rings (SSSR count). The summed E-state index contributed by atoms with van der Waals surface area (Å²) in [6.07, 6.45) is 8.37. The van der Waals surface area contributed by atoms with Gasteiger partial charge in [0.15, 0.2) is 0 Å². The smallest absolute Gasteiger partial charge is 0.225 e. The minimum Gasteiger partial charge on any atom is -0.508 e. The van der Waals surface area contributed by atoms with Crippen LogP contribution in [0.5, 0.6) is 11.6 Å². The number of carbonyl (C=O) groups excluding carboxylic acids is 2. The molecule has 1 aromatic carbocycles. The van der Waals surface area contributed by atoms with Crippen molar-refractivity contribution in [3.8, 4) is 11.6 Å². The number of amides is 2. The topological polar surface area (TPSA) is 89.5 Å². The number of methoxy groups -OCH3 is 1. The van der Waals surface area contributed by atoms with E-state index in [1.807, 2.05) is 31.1 Å². The van der Waals surface area contributed by atoms with E-state index in [9.17, 15) is 14.7 Å². The predicted octanol–water partition coefficient (Wildman–Crippen LogP) is 3.37. The minimum atomic E-state index is 0.152. The van der Waals surface area contributed by atoms with Crippen molar-refractivity contribution in [2.45, 2.75) is 32.1 Å². The van der Waals surface area contributed by atoms with E-state index in [2.05, 4.69) is 14.8 Å². The van der Waals surface area contributed by atoms with Crippen LogP contribution >= 0.6 is 0 Å². The largest absolute Gasteiger partial charge is 0.508 e. The number of hydrogen-bond acceptors (Lipinski definition) is 7. The van der Waals surface area contributed by atoms with E-state index in [4.69, 9.17) is 4.74 Å². The lowest BCUT2D eigenvalue weighted by molar-refractivity contribution is -0.136. The van der Waals surface area contributed by atoms with Crippen molar-refractivity contribution < 1.29 is 19.4 Å². The fourth-order valence-electron chi connectivity index (χ4n) is 4.73. The molecule has 1 N–H and O–H groups in total. The van der Waals surface area contributed by atoms with Gasteiger partial charge in [0.05, 0.1) is 18.5 Å². The Hall–Kier alpha value is -3.49. The van der Waals surface area contributed by atoms with Gasteiger partial charge in [0.1, 0.15) is 5.75 Å². The third kappa shape index (κ3) is 7.02. The van der Waals surface area contributed by atoms with E-state index in [-0.39, 0.29) is 11.7 Å². The molecule has 9 nitrogen and oxygen atoms in total. The molecule has 0 unspecified atom stereocenters. The quantitative estimate of drug-likeness (QED) is 0.612. The van der Waals surface area contributed by atoms with Crippen molar-refractivity contribution in [1.82, 2.24) is 9.88 Å². The first-order chi connectivity index (χ1) is 17.3. The number of phenolic OH excluding ortho intramolecular Hbond substituents is 1. The number of aromatic nitrogens is 1. The first kappa shape index (κ1) is 27.1. The molecule has 9 heteroatoms. The molecule has 2 aliphatic rings. The van der Waals surface area contributed by atoms with Crippen molar-refractivity contribution in [2.75, 3.05) is 69.1 Å². The molecule has 196 valence electrons.